The van der Waals surface area contributed by atoms with Gasteiger partial charge in [0.05, 0.1) is 17.9 Å². The lowest BCUT2D eigenvalue weighted by atomic mass is 10.2. The van der Waals surface area contributed by atoms with Crippen molar-refractivity contribution in [1.82, 2.24) is 0 Å². The van der Waals surface area contributed by atoms with Crippen LogP contribution in [0.3, 0.4) is 0 Å². The summed E-state index contributed by atoms with van der Waals surface area (Å²) >= 11 is 0. The summed E-state index contributed by atoms with van der Waals surface area (Å²) in [5.41, 5.74) is 2.38. The highest BCUT2D eigenvalue weighted by molar-refractivity contribution is 6.10. The van der Waals surface area contributed by atoms with E-state index in [2.05, 4.69) is 10.5 Å². The molecule has 0 atom stereocenters. The van der Waals surface area contributed by atoms with Crippen LogP contribution in [-0.2, 0) is 0 Å². The van der Waals surface area contributed by atoms with Gasteiger partial charge in [0.25, 0.3) is 0 Å². The van der Waals surface area contributed by atoms with Gasteiger partial charge < -0.3 is 9.84 Å². The van der Waals surface area contributed by atoms with Gasteiger partial charge in [-0.05, 0) is 25.1 Å². The molecular weight excluding hydrogens is 248 g/mol. The quantitative estimate of drug-likeness (QED) is 0.611. The standard InChI is InChI=1S/C12H10N4O3/c1-2-19-11-4-3-8(12(17)18)5-10(11)16-15-9(6-13)7-14/h3-5,16H,2H2,1H3,(H,17,18). The monoisotopic (exact) mass is 258 g/mol. The molecule has 96 valence electrons. The van der Waals surface area contributed by atoms with Gasteiger partial charge in [-0.25, -0.2) is 4.79 Å². The van der Waals surface area contributed by atoms with E-state index in [1.165, 1.54) is 18.2 Å². The van der Waals surface area contributed by atoms with E-state index in [4.69, 9.17) is 20.4 Å². The molecule has 7 heteroatoms. The summed E-state index contributed by atoms with van der Waals surface area (Å²) in [5.74, 6) is -0.720. The number of aromatic carboxylic acids is 1. The van der Waals surface area contributed by atoms with Crippen LogP contribution in [0.15, 0.2) is 23.3 Å². The van der Waals surface area contributed by atoms with Gasteiger partial charge in [-0.1, -0.05) is 0 Å². The summed E-state index contributed by atoms with van der Waals surface area (Å²) < 4.78 is 5.28. The molecule has 0 aliphatic carbocycles. The molecule has 0 fully saturated rings. The highest BCUT2D eigenvalue weighted by Gasteiger charge is 2.09. The number of nitrogens with zero attached hydrogens (tertiary/aromatic N) is 3. The van der Waals surface area contributed by atoms with E-state index in [0.717, 1.165) is 0 Å². The maximum absolute atomic E-state index is 10.9. The summed E-state index contributed by atoms with van der Waals surface area (Å²) in [7, 11) is 0. The Morgan fingerprint density at radius 2 is 2.16 bits per heavy atom. The van der Waals surface area contributed by atoms with Crippen molar-refractivity contribution in [3.63, 3.8) is 0 Å². The van der Waals surface area contributed by atoms with Crippen molar-refractivity contribution in [3.05, 3.63) is 23.8 Å². The Morgan fingerprint density at radius 3 is 2.68 bits per heavy atom. The van der Waals surface area contributed by atoms with Gasteiger partial charge in [-0.3, -0.25) is 5.43 Å². The Balaban J connectivity index is 3.12. The molecule has 0 spiro atoms. The molecule has 0 aromatic heterocycles. The predicted octanol–water partition coefficient (Wildman–Crippen LogP) is 1.60. The Labute approximate surface area is 109 Å². The topological polar surface area (TPSA) is 118 Å². The summed E-state index contributed by atoms with van der Waals surface area (Å²) in [6.07, 6.45) is 0. The molecule has 0 saturated heterocycles. The lowest BCUT2D eigenvalue weighted by molar-refractivity contribution is 0.0697. The highest BCUT2D eigenvalue weighted by atomic mass is 16.5. The van der Waals surface area contributed by atoms with Crippen LogP contribution in [0, 0.1) is 22.7 Å². The van der Waals surface area contributed by atoms with Crippen molar-refractivity contribution in [2.45, 2.75) is 6.92 Å². The van der Waals surface area contributed by atoms with Crippen LogP contribution >= 0.6 is 0 Å². The number of carboxylic acid groups (broad SMARTS) is 1. The lowest BCUT2D eigenvalue weighted by Gasteiger charge is -2.10. The maximum atomic E-state index is 10.9. The predicted molar refractivity (Wildman–Crippen MR) is 66.9 cm³/mol. The number of nitrogens with one attached hydrogen (secondary N) is 1. The molecule has 19 heavy (non-hydrogen) atoms. The number of carboxylic acids is 1. The molecular formula is C12H10N4O3. The second kappa shape index (κ2) is 6.62. The zero-order valence-electron chi connectivity index (χ0n) is 10.0. The van der Waals surface area contributed by atoms with Crippen LogP contribution in [0.2, 0.25) is 0 Å². The lowest BCUT2D eigenvalue weighted by Crippen LogP contribution is -2.03. The fourth-order valence-electron chi connectivity index (χ4n) is 1.22. The van der Waals surface area contributed by atoms with Gasteiger partial charge in [-0.15, -0.1) is 0 Å². The van der Waals surface area contributed by atoms with Crippen molar-refractivity contribution in [1.29, 1.82) is 10.5 Å². The molecule has 0 bridgehead atoms. The number of ether oxygens (including phenoxy) is 1. The highest BCUT2D eigenvalue weighted by Crippen LogP contribution is 2.26. The molecule has 1 aromatic carbocycles. The summed E-state index contributed by atoms with van der Waals surface area (Å²) in [6.45, 7) is 2.16. The van der Waals surface area contributed by atoms with Crippen molar-refractivity contribution < 1.29 is 14.6 Å². The van der Waals surface area contributed by atoms with Gasteiger partial charge in [0.2, 0.25) is 5.71 Å². The zero-order valence-corrected chi connectivity index (χ0v) is 10.0. The largest absolute Gasteiger partial charge is 0.492 e. The Morgan fingerprint density at radius 1 is 1.47 bits per heavy atom. The first-order valence-electron chi connectivity index (χ1n) is 5.26. The Hall–Kier alpha value is -3.06. The third-order valence-corrected chi connectivity index (χ3v) is 2.03. The Kier molecular flexibility index (Phi) is 4.88. The second-order valence-corrected chi connectivity index (χ2v) is 3.24. The number of hydrogen-bond acceptors (Lipinski definition) is 6. The molecule has 0 amide bonds. The second-order valence-electron chi connectivity index (χ2n) is 3.24. The van der Waals surface area contributed by atoms with Crippen LogP contribution in [0.4, 0.5) is 5.69 Å². The summed E-state index contributed by atoms with van der Waals surface area (Å²) in [5, 5.41) is 29.5. The fourth-order valence-corrected chi connectivity index (χ4v) is 1.22. The van der Waals surface area contributed by atoms with Crippen LogP contribution in [0.5, 0.6) is 5.75 Å². The van der Waals surface area contributed by atoms with Gasteiger partial charge in [0.15, 0.2) is 0 Å². The van der Waals surface area contributed by atoms with E-state index in [9.17, 15) is 4.79 Å². The fraction of sp³-hybridized carbons (Fsp3) is 0.167. The van der Waals surface area contributed by atoms with Crippen molar-refractivity contribution >= 4 is 17.4 Å². The molecule has 1 aromatic rings. The smallest absolute Gasteiger partial charge is 0.335 e. The summed E-state index contributed by atoms with van der Waals surface area (Å²) in [6, 6.07) is 7.33. The summed E-state index contributed by atoms with van der Waals surface area (Å²) in [4.78, 5) is 10.9. The first-order valence-corrected chi connectivity index (χ1v) is 5.26. The van der Waals surface area contributed by atoms with Gasteiger partial charge in [-0.2, -0.15) is 15.6 Å². The number of hydrogen-bond donors (Lipinski definition) is 2. The zero-order chi connectivity index (χ0) is 14.3. The Bertz CT molecular complexity index is 580. The molecule has 0 heterocycles. The van der Waals surface area contributed by atoms with E-state index >= 15 is 0 Å². The van der Waals surface area contributed by atoms with Gasteiger partial charge in [0, 0.05) is 0 Å². The van der Waals surface area contributed by atoms with Crippen LogP contribution in [0.1, 0.15) is 17.3 Å². The number of carbonyl (C=O) groups is 1. The first kappa shape index (κ1) is 14.0. The van der Waals surface area contributed by atoms with Crippen molar-refractivity contribution in [2.24, 2.45) is 5.10 Å². The average molecular weight is 258 g/mol. The van der Waals surface area contributed by atoms with Crippen LogP contribution < -0.4 is 10.2 Å². The van der Waals surface area contributed by atoms with E-state index in [0.29, 0.717) is 12.4 Å². The number of benzene rings is 1. The third-order valence-electron chi connectivity index (χ3n) is 2.03. The van der Waals surface area contributed by atoms with E-state index in [1.807, 2.05) is 0 Å². The minimum atomic E-state index is -1.10. The van der Waals surface area contributed by atoms with Crippen LogP contribution in [0.25, 0.3) is 0 Å². The molecule has 0 aliphatic heterocycles. The average Bonchev–Trinajstić information content (AvgIpc) is 2.41. The van der Waals surface area contributed by atoms with E-state index in [-0.39, 0.29) is 17.0 Å². The molecule has 7 nitrogen and oxygen atoms in total. The number of rotatable bonds is 5. The molecule has 0 radical (unpaired) electrons. The molecule has 0 aliphatic rings. The van der Waals surface area contributed by atoms with E-state index in [1.54, 1.807) is 19.1 Å². The molecule has 0 saturated carbocycles. The minimum Gasteiger partial charge on any atom is -0.492 e. The molecule has 1 rings (SSSR count). The SMILES string of the molecule is CCOc1ccc(C(=O)O)cc1NN=C(C#N)C#N. The van der Waals surface area contributed by atoms with Gasteiger partial charge >= 0.3 is 5.97 Å². The van der Waals surface area contributed by atoms with Crippen LogP contribution in [-0.4, -0.2) is 23.4 Å². The number of hydrazone groups is 1. The maximum Gasteiger partial charge on any atom is 0.335 e. The normalized spacial score (nSPS) is 8.79. The number of anilines is 1. The van der Waals surface area contributed by atoms with Crippen molar-refractivity contribution in [2.75, 3.05) is 12.0 Å². The van der Waals surface area contributed by atoms with Gasteiger partial charge in [0.1, 0.15) is 17.9 Å². The van der Waals surface area contributed by atoms with Crippen molar-refractivity contribution in [3.8, 4) is 17.9 Å². The molecule has 2 N–H and O–H groups in total. The first-order chi connectivity index (χ1) is 9.12. The van der Waals surface area contributed by atoms with E-state index < -0.39 is 5.97 Å². The number of nitriles is 2. The third kappa shape index (κ3) is 3.72. The molecule has 0 unspecified atom stereocenters. The minimum absolute atomic E-state index is 0.0385.